The minimum absolute atomic E-state index is 0.0919. The Morgan fingerprint density at radius 3 is 2.83 bits per heavy atom. The molecular weight excluding hydrogens is 228 g/mol. The highest BCUT2D eigenvalue weighted by Crippen LogP contribution is 2.18. The van der Waals surface area contributed by atoms with E-state index in [-0.39, 0.29) is 11.7 Å². The minimum atomic E-state index is 0.0919. The Bertz CT molecular complexity index is 494. The summed E-state index contributed by atoms with van der Waals surface area (Å²) in [6, 6.07) is 1.59. The van der Waals surface area contributed by atoms with Gasteiger partial charge in [0.2, 0.25) is 5.91 Å². The summed E-state index contributed by atoms with van der Waals surface area (Å²) in [5.41, 5.74) is 3.42. The van der Waals surface area contributed by atoms with Crippen LogP contribution in [0.4, 0.5) is 0 Å². The van der Waals surface area contributed by atoms with E-state index in [0.29, 0.717) is 6.42 Å². The molecule has 1 aliphatic heterocycles. The van der Waals surface area contributed by atoms with Crippen LogP contribution in [0.2, 0.25) is 0 Å². The highest BCUT2D eigenvalue weighted by molar-refractivity contribution is 5.79. The van der Waals surface area contributed by atoms with Gasteiger partial charge in [0.1, 0.15) is 5.75 Å². The third kappa shape index (κ3) is 2.88. The van der Waals surface area contributed by atoms with Gasteiger partial charge in [0, 0.05) is 19.3 Å². The largest absolute Gasteiger partial charge is 0.506 e. The van der Waals surface area contributed by atoms with Crippen LogP contribution in [0.3, 0.4) is 0 Å². The lowest BCUT2D eigenvalue weighted by Gasteiger charge is -2.28. The van der Waals surface area contributed by atoms with E-state index in [2.05, 4.69) is 18.8 Å². The molecule has 0 aromatic carbocycles. The molecular formula is C14H18N2O2. The van der Waals surface area contributed by atoms with Gasteiger partial charge >= 0.3 is 0 Å². The summed E-state index contributed by atoms with van der Waals surface area (Å²) in [5.74, 6) is 0.195. The maximum absolute atomic E-state index is 12.1. The molecule has 0 spiro atoms. The summed E-state index contributed by atoms with van der Waals surface area (Å²) in [7, 11) is 0. The zero-order chi connectivity index (χ0) is 13.1. The molecule has 0 radical (unpaired) electrons. The van der Waals surface area contributed by atoms with Crippen molar-refractivity contribution in [2.45, 2.75) is 26.7 Å². The highest BCUT2D eigenvalue weighted by Gasteiger charge is 2.19. The van der Waals surface area contributed by atoms with Gasteiger partial charge in [-0.2, -0.15) is 0 Å². The first kappa shape index (κ1) is 12.6. The molecule has 1 N–H and O–H groups in total. The average molecular weight is 246 g/mol. The molecule has 0 aliphatic carbocycles. The molecule has 4 nitrogen and oxygen atoms in total. The van der Waals surface area contributed by atoms with Crippen LogP contribution in [-0.4, -0.2) is 34.0 Å². The first-order valence-electron chi connectivity index (χ1n) is 6.12. The topological polar surface area (TPSA) is 53.4 Å². The molecule has 0 atom stereocenters. The van der Waals surface area contributed by atoms with Crippen molar-refractivity contribution >= 4 is 5.91 Å². The zero-order valence-corrected chi connectivity index (χ0v) is 10.8. The standard InChI is InChI=1S/C14H18N2O2/c1-10-3-4-16(9-11(10)2)14(18)6-12-5-13(17)8-15-7-12/h5,7-8,17H,3-4,6,9H2,1-2H3. The van der Waals surface area contributed by atoms with Crippen molar-refractivity contribution in [2.24, 2.45) is 0 Å². The Morgan fingerprint density at radius 1 is 1.39 bits per heavy atom. The first-order valence-corrected chi connectivity index (χ1v) is 6.12. The van der Waals surface area contributed by atoms with Gasteiger partial charge in [0.15, 0.2) is 0 Å². The van der Waals surface area contributed by atoms with Crippen LogP contribution in [0, 0.1) is 0 Å². The number of nitrogens with zero attached hydrogens (tertiary/aromatic N) is 2. The Morgan fingerprint density at radius 2 is 2.17 bits per heavy atom. The molecule has 0 saturated heterocycles. The molecule has 0 fully saturated rings. The third-order valence-corrected chi connectivity index (χ3v) is 3.40. The van der Waals surface area contributed by atoms with E-state index in [9.17, 15) is 9.90 Å². The maximum Gasteiger partial charge on any atom is 0.227 e. The molecule has 18 heavy (non-hydrogen) atoms. The molecule has 1 aliphatic rings. The highest BCUT2D eigenvalue weighted by atomic mass is 16.3. The lowest BCUT2D eigenvalue weighted by molar-refractivity contribution is -0.130. The fourth-order valence-electron chi connectivity index (χ4n) is 2.09. The monoisotopic (exact) mass is 246 g/mol. The van der Waals surface area contributed by atoms with E-state index < -0.39 is 0 Å². The Labute approximate surface area is 107 Å². The second-order valence-corrected chi connectivity index (χ2v) is 4.85. The SMILES string of the molecule is CC1=C(C)CN(C(=O)Cc2cncc(O)c2)CC1. The van der Waals surface area contributed by atoms with E-state index in [1.807, 2.05) is 4.90 Å². The molecule has 0 unspecified atom stereocenters. The van der Waals surface area contributed by atoms with Crippen molar-refractivity contribution < 1.29 is 9.90 Å². The van der Waals surface area contributed by atoms with Gasteiger partial charge in [-0.25, -0.2) is 0 Å². The van der Waals surface area contributed by atoms with Gasteiger partial charge in [0.05, 0.1) is 12.6 Å². The molecule has 1 amide bonds. The van der Waals surface area contributed by atoms with Crippen molar-refractivity contribution in [3.05, 3.63) is 35.2 Å². The number of pyridine rings is 1. The molecule has 0 bridgehead atoms. The lowest BCUT2D eigenvalue weighted by atomic mass is 10.0. The van der Waals surface area contributed by atoms with Crippen molar-refractivity contribution in [2.75, 3.05) is 13.1 Å². The Kier molecular flexibility index (Phi) is 3.65. The maximum atomic E-state index is 12.1. The zero-order valence-electron chi connectivity index (χ0n) is 10.8. The van der Waals surface area contributed by atoms with Crippen LogP contribution in [0.1, 0.15) is 25.8 Å². The summed E-state index contributed by atoms with van der Waals surface area (Å²) < 4.78 is 0. The van der Waals surface area contributed by atoms with E-state index >= 15 is 0 Å². The number of rotatable bonds is 2. The molecule has 4 heteroatoms. The Hall–Kier alpha value is -1.84. The second kappa shape index (κ2) is 5.21. The first-order chi connectivity index (χ1) is 8.56. The molecule has 0 saturated carbocycles. The van der Waals surface area contributed by atoms with Gasteiger partial charge in [-0.1, -0.05) is 11.1 Å². The van der Waals surface area contributed by atoms with E-state index in [0.717, 1.165) is 25.1 Å². The third-order valence-electron chi connectivity index (χ3n) is 3.40. The number of carbonyl (C=O) groups is 1. The van der Waals surface area contributed by atoms with Crippen LogP contribution in [0.15, 0.2) is 29.6 Å². The molecule has 1 aromatic rings. The van der Waals surface area contributed by atoms with Crippen LogP contribution in [-0.2, 0) is 11.2 Å². The van der Waals surface area contributed by atoms with Crippen LogP contribution in [0.5, 0.6) is 5.75 Å². The van der Waals surface area contributed by atoms with Crippen molar-refractivity contribution in [3.63, 3.8) is 0 Å². The molecule has 1 aromatic heterocycles. The summed E-state index contributed by atoms with van der Waals surface area (Å²) in [6.45, 7) is 5.70. The lowest BCUT2D eigenvalue weighted by Crippen LogP contribution is -2.37. The summed E-state index contributed by atoms with van der Waals surface area (Å²) in [4.78, 5) is 17.9. The molecule has 96 valence electrons. The quantitative estimate of drug-likeness (QED) is 0.811. The van der Waals surface area contributed by atoms with Crippen molar-refractivity contribution in [1.82, 2.24) is 9.88 Å². The predicted octanol–water partition coefficient (Wildman–Crippen LogP) is 1.90. The number of carbonyl (C=O) groups excluding carboxylic acids is 1. The van der Waals surface area contributed by atoms with Crippen LogP contribution in [0.25, 0.3) is 0 Å². The molecule has 2 rings (SSSR count). The van der Waals surface area contributed by atoms with Gasteiger partial charge < -0.3 is 10.0 Å². The number of hydrogen-bond acceptors (Lipinski definition) is 3. The van der Waals surface area contributed by atoms with Crippen molar-refractivity contribution in [1.29, 1.82) is 0 Å². The van der Waals surface area contributed by atoms with E-state index in [1.165, 1.54) is 17.3 Å². The summed E-state index contributed by atoms with van der Waals surface area (Å²) in [6.07, 6.45) is 4.24. The van der Waals surface area contributed by atoms with E-state index in [1.54, 1.807) is 12.3 Å². The fraction of sp³-hybridized carbons (Fsp3) is 0.429. The number of aromatic nitrogens is 1. The number of amides is 1. The fourth-order valence-corrected chi connectivity index (χ4v) is 2.09. The summed E-state index contributed by atoms with van der Waals surface area (Å²) >= 11 is 0. The Balaban J connectivity index is 2.01. The van der Waals surface area contributed by atoms with Gasteiger partial charge in [-0.3, -0.25) is 9.78 Å². The van der Waals surface area contributed by atoms with Gasteiger partial charge in [-0.15, -0.1) is 0 Å². The second-order valence-electron chi connectivity index (χ2n) is 4.85. The van der Waals surface area contributed by atoms with Crippen LogP contribution < -0.4 is 0 Å². The summed E-state index contributed by atoms with van der Waals surface area (Å²) in [5, 5.41) is 9.32. The number of hydrogen-bond donors (Lipinski definition) is 1. The predicted molar refractivity (Wildman–Crippen MR) is 69.2 cm³/mol. The normalized spacial score (nSPS) is 16.0. The van der Waals surface area contributed by atoms with Crippen LogP contribution >= 0.6 is 0 Å². The van der Waals surface area contributed by atoms with E-state index in [4.69, 9.17) is 0 Å². The number of aromatic hydroxyl groups is 1. The van der Waals surface area contributed by atoms with Gasteiger partial charge in [0.25, 0.3) is 0 Å². The van der Waals surface area contributed by atoms with Crippen molar-refractivity contribution in [3.8, 4) is 5.75 Å². The average Bonchev–Trinajstić information content (AvgIpc) is 2.32. The van der Waals surface area contributed by atoms with Gasteiger partial charge in [-0.05, 0) is 31.9 Å². The smallest absolute Gasteiger partial charge is 0.227 e. The minimum Gasteiger partial charge on any atom is -0.506 e. The molecule has 2 heterocycles.